The monoisotopic (exact) mass is 597 g/mol. The summed E-state index contributed by atoms with van der Waals surface area (Å²) < 4.78 is 115. The molecule has 0 fully saturated rings. The van der Waals surface area contributed by atoms with Gasteiger partial charge in [0, 0.05) is 6.54 Å². The lowest BCUT2D eigenvalue weighted by atomic mass is 10.1. The minimum Gasteiger partial charge on any atom is -0.359 e. The van der Waals surface area contributed by atoms with Gasteiger partial charge in [-0.15, -0.1) is 0 Å². The van der Waals surface area contributed by atoms with Crippen LogP contribution in [0.4, 0.5) is 45.2 Å². The fraction of sp³-hybridized carbons (Fsp3) is 0.500. The Morgan fingerprint density at radius 2 is 1.64 bits per heavy atom. The van der Waals surface area contributed by atoms with Gasteiger partial charge in [-0.05, 0) is 34.5 Å². The Kier molecular flexibility index (Phi) is 7.28. The number of guanidine groups is 1. The summed E-state index contributed by atoms with van der Waals surface area (Å²) in [6, 6.07) is -0.0755. The summed E-state index contributed by atoms with van der Waals surface area (Å²) in [6.07, 6.45) is -16.3. The number of amides is 1. The van der Waals surface area contributed by atoms with E-state index in [2.05, 4.69) is 20.9 Å². The standard InChI is InChI=1S/C16H11BrCl2F9N3O2/c1-2-3-31-10(32)12(18,19)15(33,16(26,27)28)30-11(31)29-8-5-6(13(20,21)22)4-7(9(8)17)14(23,24)25/h4-5,33H,2-3H2,1H3,(H,29,30). The van der Waals surface area contributed by atoms with E-state index in [1.165, 1.54) is 6.92 Å². The predicted octanol–water partition coefficient (Wildman–Crippen LogP) is 5.93. The van der Waals surface area contributed by atoms with Crippen LogP contribution < -0.4 is 5.32 Å². The highest BCUT2D eigenvalue weighted by Gasteiger charge is 2.73. The molecule has 1 amide bonds. The van der Waals surface area contributed by atoms with E-state index in [0.717, 1.165) is 0 Å². The number of hydrogen-bond donors (Lipinski definition) is 2. The largest absolute Gasteiger partial charge is 0.442 e. The molecular weight excluding hydrogens is 588 g/mol. The number of carbonyl (C=O) groups is 1. The second kappa shape index (κ2) is 8.64. The van der Waals surface area contributed by atoms with Gasteiger partial charge in [0.15, 0.2) is 0 Å². The molecule has 17 heteroatoms. The lowest BCUT2D eigenvalue weighted by Gasteiger charge is -2.43. The van der Waals surface area contributed by atoms with Crippen LogP contribution in [-0.2, 0) is 17.1 Å². The molecule has 0 saturated carbocycles. The highest BCUT2D eigenvalue weighted by molar-refractivity contribution is 9.10. The van der Waals surface area contributed by atoms with Gasteiger partial charge < -0.3 is 10.4 Å². The molecule has 186 valence electrons. The Hall–Kier alpha value is -1.45. The maximum atomic E-state index is 13.5. The third-order valence-corrected chi connectivity index (χ3v) is 5.97. The average molecular weight is 599 g/mol. The molecule has 1 atom stereocenters. The molecule has 5 nitrogen and oxygen atoms in total. The molecule has 1 aromatic rings. The van der Waals surface area contributed by atoms with Crippen molar-refractivity contribution < 1.29 is 49.4 Å². The van der Waals surface area contributed by atoms with Crippen molar-refractivity contribution in [3.05, 3.63) is 27.7 Å². The van der Waals surface area contributed by atoms with Crippen LogP contribution >= 0.6 is 39.1 Å². The minimum absolute atomic E-state index is 0.0261. The molecule has 0 radical (unpaired) electrons. The van der Waals surface area contributed by atoms with Crippen LogP contribution in [0.2, 0.25) is 0 Å². The maximum Gasteiger partial charge on any atom is 0.442 e. The van der Waals surface area contributed by atoms with Gasteiger partial charge in [-0.3, -0.25) is 9.69 Å². The fourth-order valence-corrected chi connectivity index (χ4v) is 3.73. The second-order valence-electron chi connectivity index (χ2n) is 6.64. The first-order valence-electron chi connectivity index (χ1n) is 8.52. The topological polar surface area (TPSA) is 64.9 Å². The van der Waals surface area contributed by atoms with Crippen molar-refractivity contribution >= 4 is 56.7 Å². The number of benzene rings is 1. The summed E-state index contributed by atoms with van der Waals surface area (Å²) in [4.78, 5) is 15.8. The van der Waals surface area contributed by atoms with Crippen molar-refractivity contribution in [2.75, 3.05) is 11.9 Å². The van der Waals surface area contributed by atoms with E-state index < -0.39 is 68.3 Å². The van der Waals surface area contributed by atoms with E-state index in [-0.39, 0.29) is 18.6 Å². The van der Waals surface area contributed by atoms with E-state index in [9.17, 15) is 49.4 Å². The third-order valence-electron chi connectivity index (χ3n) is 4.27. The van der Waals surface area contributed by atoms with Gasteiger partial charge >= 0.3 is 18.5 Å². The predicted molar refractivity (Wildman–Crippen MR) is 103 cm³/mol. The van der Waals surface area contributed by atoms with E-state index >= 15 is 0 Å². The molecule has 1 unspecified atom stereocenters. The average Bonchev–Trinajstić information content (AvgIpc) is 2.62. The number of nitrogens with zero attached hydrogens (tertiary/aromatic N) is 2. The molecule has 0 aliphatic carbocycles. The number of nitrogens with one attached hydrogen (secondary N) is 1. The summed E-state index contributed by atoms with van der Waals surface area (Å²) >= 11 is 13.4. The lowest BCUT2D eigenvalue weighted by Crippen LogP contribution is -2.68. The van der Waals surface area contributed by atoms with E-state index in [0.29, 0.717) is 4.90 Å². The molecule has 33 heavy (non-hydrogen) atoms. The van der Waals surface area contributed by atoms with Gasteiger partial charge in [0.05, 0.1) is 21.3 Å². The van der Waals surface area contributed by atoms with Gasteiger partial charge in [-0.25, -0.2) is 4.99 Å². The van der Waals surface area contributed by atoms with E-state index in [1.807, 2.05) is 5.32 Å². The van der Waals surface area contributed by atoms with Crippen molar-refractivity contribution in [3.63, 3.8) is 0 Å². The highest BCUT2D eigenvalue weighted by atomic mass is 79.9. The molecule has 0 saturated heterocycles. The van der Waals surface area contributed by atoms with Crippen LogP contribution in [0.1, 0.15) is 24.5 Å². The molecular formula is C16H11BrCl2F9N3O2. The Labute approximate surface area is 197 Å². The normalized spacial score (nSPS) is 21.8. The van der Waals surface area contributed by atoms with Crippen LogP contribution in [0.25, 0.3) is 0 Å². The van der Waals surface area contributed by atoms with Crippen molar-refractivity contribution in [3.8, 4) is 0 Å². The molecule has 1 heterocycles. The van der Waals surface area contributed by atoms with Crippen molar-refractivity contribution in [2.24, 2.45) is 4.99 Å². The number of aliphatic imine (C=N–C) groups is 1. The van der Waals surface area contributed by atoms with Crippen molar-refractivity contribution in [1.82, 2.24) is 4.90 Å². The van der Waals surface area contributed by atoms with Crippen LogP contribution in [0.3, 0.4) is 0 Å². The zero-order chi connectivity index (χ0) is 25.8. The van der Waals surface area contributed by atoms with Crippen molar-refractivity contribution in [1.29, 1.82) is 0 Å². The number of aliphatic hydroxyl groups is 1. The number of carbonyl (C=O) groups excluding carboxylic acids is 1. The van der Waals surface area contributed by atoms with Gasteiger partial charge in [0.1, 0.15) is 0 Å². The van der Waals surface area contributed by atoms with Crippen LogP contribution in [0.5, 0.6) is 0 Å². The lowest BCUT2D eigenvalue weighted by molar-refractivity contribution is -0.262. The summed E-state index contributed by atoms with van der Waals surface area (Å²) in [7, 11) is 0. The molecule has 1 aromatic carbocycles. The molecule has 0 bridgehead atoms. The van der Waals surface area contributed by atoms with Gasteiger partial charge in [-0.2, -0.15) is 39.5 Å². The number of halogens is 12. The van der Waals surface area contributed by atoms with Crippen LogP contribution in [0.15, 0.2) is 21.6 Å². The molecule has 1 aliphatic heterocycles. The first-order valence-corrected chi connectivity index (χ1v) is 10.1. The highest BCUT2D eigenvalue weighted by Crippen LogP contribution is 2.50. The van der Waals surface area contributed by atoms with Crippen LogP contribution in [-0.4, -0.2) is 44.7 Å². The van der Waals surface area contributed by atoms with E-state index in [1.54, 1.807) is 0 Å². The van der Waals surface area contributed by atoms with Crippen molar-refractivity contribution in [2.45, 2.75) is 41.9 Å². The SMILES string of the molecule is CCCN1C(=O)C(Cl)(Cl)C(O)(C(F)(F)F)N=C1Nc1cc(C(F)(F)F)cc(C(F)(F)F)c1Br. The first-order chi connectivity index (χ1) is 14.7. The minimum atomic E-state index is -5.76. The Balaban J connectivity index is 2.79. The second-order valence-corrected chi connectivity index (χ2v) is 8.76. The quantitative estimate of drug-likeness (QED) is 0.335. The maximum absolute atomic E-state index is 13.5. The summed E-state index contributed by atoms with van der Waals surface area (Å²) in [5.74, 6) is -2.99. The van der Waals surface area contributed by atoms with Gasteiger partial charge in [0.25, 0.3) is 16.0 Å². The molecule has 2 rings (SSSR count). The Morgan fingerprint density at radius 1 is 1.09 bits per heavy atom. The summed E-state index contributed by atoms with van der Waals surface area (Å²) in [5.41, 5.74) is -9.15. The zero-order valence-electron chi connectivity index (χ0n) is 15.9. The summed E-state index contributed by atoms with van der Waals surface area (Å²) in [5, 5.41) is 11.9. The molecule has 0 aromatic heterocycles. The third kappa shape index (κ3) is 5.00. The number of rotatable bonds is 3. The molecule has 1 aliphatic rings. The van der Waals surface area contributed by atoms with Crippen LogP contribution in [0, 0.1) is 0 Å². The Bertz CT molecular complexity index is 980. The number of alkyl halides is 11. The van der Waals surface area contributed by atoms with Gasteiger partial charge in [0.2, 0.25) is 5.96 Å². The van der Waals surface area contributed by atoms with E-state index in [4.69, 9.17) is 23.2 Å². The smallest absolute Gasteiger partial charge is 0.359 e. The van der Waals surface area contributed by atoms with Gasteiger partial charge in [-0.1, -0.05) is 30.1 Å². The Morgan fingerprint density at radius 3 is 2.06 bits per heavy atom. The fourth-order valence-electron chi connectivity index (χ4n) is 2.67. The molecule has 2 N–H and O–H groups in total. The number of hydrogen-bond acceptors (Lipinski definition) is 4. The molecule has 0 spiro atoms. The zero-order valence-corrected chi connectivity index (χ0v) is 19.0. The number of anilines is 1. The summed E-state index contributed by atoms with van der Waals surface area (Å²) in [6.45, 7) is 0.976. The first kappa shape index (κ1) is 27.8.